The summed E-state index contributed by atoms with van der Waals surface area (Å²) in [5.74, 6) is -1.51. The molecule has 0 aliphatic heterocycles. The van der Waals surface area contributed by atoms with Crippen molar-refractivity contribution in [1.82, 2.24) is 0 Å². The highest BCUT2D eigenvalue weighted by molar-refractivity contribution is 7.00. The fraction of sp³-hybridized carbons (Fsp3) is 0.636. The predicted octanol–water partition coefficient (Wildman–Crippen LogP) is 4.37. The molecule has 31 heavy (non-hydrogen) atoms. The van der Waals surface area contributed by atoms with Gasteiger partial charge < -0.3 is 18.8 Å². The van der Waals surface area contributed by atoms with Gasteiger partial charge in [-0.25, -0.2) is 4.79 Å². The standard InChI is InChI=1S/C22H34O7.H3OP/c1-14(13-22(3,4)5)12-16(21(24)29-28-15(2)25-6)20(23)19-17(26-7)10-9-11-18(19)27-8;1-2/h9-11,14-16H,12-13H2,1-8H3;2H3. The second kappa shape index (κ2) is 14.2. The summed E-state index contributed by atoms with van der Waals surface area (Å²) in [5, 5.41) is 0. The van der Waals surface area contributed by atoms with Crippen LogP contribution in [0.25, 0.3) is 0 Å². The zero-order valence-electron chi connectivity index (χ0n) is 19.9. The molecule has 1 aromatic carbocycles. The fourth-order valence-corrected chi connectivity index (χ4v) is 3.32. The lowest BCUT2D eigenvalue weighted by molar-refractivity contribution is -0.343. The van der Waals surface area contributed by atoms with Crippen LogP contribution in [0.1, 0.15) is 57.8 Å². The van der Waals surface area contributed by atoms with Gasteiger partial charge >= 0.3 is 5.97 Å². The third-order valence-electron chi connectivity index (χ3n) is 4.47. The summed E-state index contributed by atoms with van der Waals surface area (Å²) in [6.45, 7) is 9.94. The Morgan fingerprint density at radius 3 is 1.94 bits per heavy atom. The molecule has 0 amide bonds. The Labute approximate surface area is 187 Å². The lowest BCUT2D eigenvalue weighted by atomic mass is 9.80. The second-order valence-electron chi connectivity index (χ2n) is 8.36. The van der Waals surface area contributed by atoms with E-state index in [1.165, 1.54) is 21.3 Å². The first-order valence-electron chi connectivity index (χ1n) is 9.98. The van der Waals surface area contributed by atoms with E-state index in [0.717, 1.165) is 6.42 Å². The van der Waals surface area contributed by atoms with Crippen LogP contribution >= 0.6 is 9.12 Å². The maximum absolute atomic E-state index is 13.4. The van der Waals surface area contributed by atoms with Crippen molar-refractivity contribution in [2.75, 3.05) is 21.3 Å². The van der Waals surface area contributed by atoms with E-state index < -0.39 is 24.0 Å². The molecule has 4 atom stereocenters. The molecule has 0 aromatic heterocycles. The molecule has 1 aromatic rings. The summed E-state index contributed by atoms with van der Waals surface area (Å²) < 4.78 is 23.9. The molecule has 0 bridgehead atoms. The van der Waals surface area contributed by atoms with E-state index >= 15 is 0 Å². The highest BCUT2D eigenvalue weighted by atomic mass is 31.0. The Hall–Kier alpha value is -1.89. The number of ketones is 1. The van der Waals surface area contributed by atoms with Crippen molar-refractivity contribution in [3.8, 4) is 11.5 Å². The Morgan fingerprint density at radius 1 is 1.00 bits per heavy atom. The maximum Gasteiger partial charge on any atom is 0.353 e. The molecule has 178 valence electrons. The summed E-state index contributed by atoms with van der Waals surface area (Å²) in [5.41, 5.74) is 0.266. The van der Waals surface area contributed by atoms with Gasteiger partial charge in [-0.05, 0) is 43.2 Å². The van der Waals surface area contributed by atoms with Gasteiger partial charge in [-0.3, -0.25) is 9.68 Å². The average Bonchev–Trinajstić information content (AvgIpc) is 2.74. The van der Waals surface area contributed by atoms with Crippen molar-refractivity contribution >= 4 is 20.9 Å². The lowest BCUT2D eigenvalue weighted by Gasteiger charge is -2.26. The smallest absolute Gasteiger partial charge is 0.353 e. The summed E-state index contributed by atoms with van der Waals surface area (Å²) >= 11 is 0. The molecule has 1 rings (SSSR count). The monoisotopic (exact) mass is 460 g/mol. The predicted molar refractivity (Wildman–Crippen MR) is 121 cm³/mol. The average molecular weight is 461 g/mol. The first kappa shape index (κ1) is 29.1. The van der Waals surface area contributed by atoms with Crippen molar-refractivity contribution < 1.29 is 38.1 Å². The molecule has 0 spiro atoms. The van der Waals surface area contributed by atoms with Gasteiger partial charge in [0, 0.05) is 7.11 Å². The van der Waals surface area contributed by atoms with Crippen LogP contribution in [0.3, 0.4) is 0 Å². The number of carbonyl (C=O) groups is 2. The summed E-state index contributed by atoms with van der Waals surface area (Å²) in [6, 6.07) is 5.02. The normalized spacial score (nSPS) is 13.9. The highest BCUT2D eigenvalue weighted by Gasteiger charge is 2.36. The Morgan fingerprint density at radius 2 is 1.52 bits per heavy atom. The Kier molecular flexibility index (Phi) is 13.4. The van der Waals surface area contributed by atoms with Crippen LogP contribution in [-0.4, -0.2) is 39.4 Å². The number of ether oxygens (including phenoxy) is 3. The topological polar surface area (TPSA) is 97.4 Å². The van der Waals surface area contributed by atoms with Crippen LogP contribution in [0, 0.1) is 17.3 Å². The lowest BCUT2D eigenvalue weighted by Crippen LogP contribution is -2.30. The number of hydrogen-bond donors (Lipinski definition) is 0. The molecule has 9 heteroatoms. The third kappa shape index (κ3) is 9.85. The molecule has 0 saturated heterocycles. The van der Waals surface area contributed by atoms with E-state index in [4.69, 9.17) is 28.6 Å². The Bertz CT molecular complexity index is 679. The zero-order chi connectivity index (χ0) is 24.2. The fourth-order valence-electron chi connectivity index (χ4n) is 3.32. The van der Waals surface area contributed by atoms with Gasteiger partial charge in [0.15, 0.2) is 12.1 Å². The SMILES string of the molecule is COc1cccc(OC)c1C(=O)C(CC(C)CC(C)(C)C)C(=O)OOC(C)OC.O=[PH3]. The molecular weight excluding hydrogens is 423 g/mol. The van der Waals surface area contributed by atoms with Crippen molar-refractivity contribution in [3.63, 3.8) is 0 Å². The van der Waals surface area contributed by atoms with Crippen molar-refractivity contribution in [2.45, 2.75) is 53.8 Å². The van der Waals surface area contributed by atoms with E-state index in [1.54, 1.807) is 25.1 Å². The molecule has 4 unspecified atom stereocenters. The maximum atomic E-state index is 13.4. The molecule has 8 nitrogen and oxygen atoms in total. The molecule has 0 heterocycles. The van der Waals surface area contributed by atoms with E-state index in [-0.39, 0.29) is 16.9 Å². The highest BCUT2D eigenvalue weighted by Crippen LogP contribution is 2.34. The minimum Gasteiger partial charge on any atom is -0.496 e. The third-order valence-corrected chi connectivity index (χ3v) is 4.47. The number of Topliss-reactive ketones (excluding diaryl/α,β-unsaturated/α-hetero) is 1. The molecule has 0 N–H and O–H groups in total. The van der Waals surface area contributed by atoms with Gasteiger partial charge in [-0.15, -0.1) is 0 Å². The number of rotatable bonds is 11. The number of carbonyl (C=O) groups excluding carboxylic acids is 2. The van der Waals surface area contributed by atoms with Crippen LogP contribution in [0.2, 0.25) is 0 Å². The van der Waals surface area contributed by atoms with Gasteiger partial charge in [-0.2, -0.15) is 4.89 Å². The molecule has 0 saturated carbocycles. The first-order chi connectivity index (χ1) is 14.5. The van der Waals surface area contributed by atoms with Crippen molar-refractivity contribution in [3.05, 3.63) is 23.8 Å². The molecule has 0 fully saturated rings. The van der Waals surface area contributed by atoms with Crippen LogP contribution in [-0.2, 0) is 23.9 Å². The van der Waals surface area contributed by atoms with Crippen molar-refractivity contribution in [2.24, 2.45) is 17.3 Å². The first-order valence-corrected chi connectivity index (χ1v) is 10.6. The number of hydrogen-bond acceptors (Lipinski definition) is 8. The summed E-state index contributed by atoms with van der Waals surface area (Å²) in [4.78, 5) is 36.0. The Balaban J connectivity index is 0.00000436. The van der Waals surface area contributed by atoms with Gasteiger partial charge in [0.05, 0.1) is 23.3 Å². The van der Waals surface area contributed by atoms with E-state index in [2.05, 4.69) is 20.8 Å². The van der Waals surface area contributed by atoms with Gasteiger partial charge in [0.2, 0.25) is 0 Å². The van der Waals surface area contributed by atoms with Crippen molar-refractivity contribution in [1.29, 1.82) is 0 Å². The zero-order valence-corrected chi connectivity index (χ0v) is 21.3. The molecule has 0 aliphatic carbocycles. The van der Waals surface area contributed by atoms with Gasteiger partial charge in [0.25, 0.3) is 0 Å². The van der Waals surface area contributed by atoms with Crippen LogP contribution < -0.4 is 9.47 Å². The van der Waals surface area contributed by atoms with E-state index in [1.807, 2.05) is 6.92 Å². The minimum absolute atomic E-state index is 0.0557. The largest absolute Gasteiger partial charge is 0.496 e. The molecular formula is C22H37O8P. The minimum atomic E-state index is -1.07. The van der Waals surface area contributed by atoms with E-state index in [9.17, 15) is 9.59 Å². The van der Waals surface area contributed by atoms with E-state index in [0.29, 0.717) is 27.0 Å². The summed E-state index contributed by atoms with van der Waals surface area (Å²) in [6.07, 6.45) is 0.394. The van der Waals surface area contributed by atoms with Crippen LogP contribution in [0.15, 0.2) is 18.2 Å². The quantitative estimate of drug-likeness (QED) is 0.120. The van der Waals surface area contributed by atoms with Crippen LogP contribution in [0.5, 0.6) is 11.5 Å². The molecule has 0 radical (unpaired) electrons. The number of benzene rings is 1. The second-order valence-corrected chi connectivity index (χ2v) is 8.36. The molecule has 0 aliphatic rings. The summed E-state index contributed by atoms with van der Waals surface area (Å²) in [7, 11) is 4.96. The van der Waals surface area contributed by atoms with Gasteiger partial charge in [-0.1, -0.05) is 33.8 Å². The van der Waals surface area contributed by atoms with Crippen LogP contribution in [0.4, 0.5) is 0 Å². The van der Waals surface area contributed by atoms with Gasteiger partial charge in [0.1, 0.15) is 23.0 Å². The number of methoxy groups -OCH3 is 3.